The molecule has 0 amide bonds. The van der Waals surface area contributed by atoms with Crippen LogP contribution in [0.4, 0.5) is 0 Å². The average Bonchev–Trinajstić information content (AvgIpc) is 2.67. The first kappa shape index (κ1) is 18.0. The summed E-state index contributed by atoms with van der Waals surface area (Å²) in [5.74, 6) is 1.25. The van der Waals surface area contributed by atoms with Crippen LogP contribution in [0.3, 0.4) is 0 Å². The normalized spacial score (nSPS) is 10.3. The molecule has 0 bridgehead atoms. The van der Waals surface area contributed by atoms with Crippen molar-refractivity contribution >= 4 is 17.6 Å². The van der Waals surface area contributed by atoms with E-state index in [4.69, 9.17) is 21.1 Å². The summed E-state index contributed by atoms with van der Waals surface area (Å²) in [5, 5.41) is 0.689. The van der Waals surface area contributed by atoms with Crippen molar-refractivity contribution < 1.29 is 14.3 Å². The van der Waals surface area contributed by atoms with Crippen molar-refractivity contribution in [2.75, 3.05) is 0 Å². The summed E-state index contributed by atoms with van der Waals surface area (Å²) >= 11 is 5.85. The van der Waals surface area contributed by atoms with Crippen molar-refractivity contribution in [2.45, 2.75) is 19.4 Å². The lowest BCUT2D eigenvalue weighted by Crippen LogP contribution is -2.06. The predicted molar refractivity (Wildman–Crippen MR) is 103 cm³/mol. The van der Waals surface area contributed by atoms with Crippen LogP contribution in [0.1, 0.15) is 17.5 Å². The fourth-order valence-electron chi connectivity index (χ4n) is 2.46. The average molecular weight is 367 g/mol. The van der Waals surface area contributed by atoms with Crippen LogP contribution in [0.25, 0.3) is 0 Å². The van der Waals surface area contributed by atoms with E-state index >= 15 is 0 Å². The Morgan fingerprint density at radius 1 is 0.808 bits per heavy atom. The van der Waals surface area contributed by atoms with E-state index in [2.05, 4.69) is 0 Å². The molecule has 0 radical (unpaired) electrons. The molecule has 0 aromatic heterocycles. The van der Waals surface area contributed by atoms with Crippen LogP contribution in [0.2, 0.25) is 5.02 Å². The van der Waals surface area contributed by atoms with Gasteiger partial charge in [-0.1, -0.05) is 54.1 Å². The number of hydrogen-bond donors (Lipinski definition) is 0. The van der Waals surface area contributed by atoms with Gasteiger partial charge in [0.1, 0.15) is 18.1 Å². The molecule has 0 saturated carbocycles. The molecule has 3 aromatic carbocycles. The molecule has 3 nitrogen and oxygen atoms in total. The number of benzene rings is 3. The Kier molecular flexibility index (Phi) is 6.29. The molecular weight excluding hydrogens is 348 g/mol. The summed E-state index contributed by atoms with van der Waals surface area (Å²) in [4.78, 5) is 12.0. The zero-order valence-corrected chi connectivity index (χ0v) is 15.0. The zero-order chi connectivity index (χ0) is 18.2. The van der Waals surface area contributed by atoms with E-state index in [0.29, 0.717) is 23.6 Å². The molecule has 0 aliphatic rings. The van der Waals surface area contributed by atoms with Crippen LogP contribution in [0.5, 0.6) is 11.5 Å². The fourth-order valence-corrected chi connectivity index (χ4v) is 2.58. The lowest BCUT2D eigenvalue weighted by atomic mass is 10.1. The number of rotatable bonds is 7. The van der Waals surface area contributed by atoms with Crippen molar-refractivity contribution in [1.82, 2.24) is 0 Å². The second kappa shape index (κ2) is 9.07. The number of aryl methyl sites for hydroxylation is 1. The number of carbonyl (C=O) groups is 1. The van der Waals surface area contributed by atoms with Gasteiger partial charge in [-0.3, -0.25) is 4.79 Å². The second-order valence-electron chi connectivity index (χ2n) is 5.85. The van der Waals surface area contributed by atoms with E-state index in [1.807, 2.05) is 78.9 Å². The molecule has 0 saturated heterocycles. The molecule has 132 valence electrons. The standard InChI is InChI=1S/C22H19ClO3/c23-19-12-9-17(10-13-19)11-14-22(24)25-16-18-5-4-8-21(15-18)26-20-6-2-1-3-7-20/h1-10,12-13,15H,11,14,16H2. The third-order valence-corrected chi connectivity index (χ3v) is 4.06. The second-order valence-corrected chi connectivity index (χ2v) is 6.29. The van der Waals surface area contributed by atoms with Crippen molar-refractivity contribution in [1.29, 1.82) is 0 Å². The Morgan fingerprint density at radius 2 is 1.54 bits per heavy atom. The minimum absolute atomic E-state index is 0.227. The van der Waals surface area contributed by atoms with Gasteiger partial charge in [-0.05, 0) is 53.9 Å². The Balaban J connectivity index is 1.48. The molecule has 0 atom stereocenters. The summed E-state index contributed by atoms with van der Waals surface area (Å²) in [7, 11) is 0. The minimum Gasteiger partial charge on any atom is -0.461 e. The molecule has 0 spiro atoms. The van der Waals surface area contributed by atoms with E-state index in [1.165, 1.54) is 0 Å². The first-order valence-corrected chi connectivity index (χ1v) is 8.79. The van der Waals surface area contributed by atoms with Crippen molar-refractivity contribution in [3.05, 3.63) is 95.0 Å². The first-order chi connectivity index (χ1) is 12.7. The molecule has 3 aromatic rings. The lowest BCUT2D eigenvalue weighted by Gasteiger charge is -2.08. The summed E-state index contributed by atoms with van der Waals surface area (Å²) in [5.41, 5.74) is 1.95. The summed E-state index contributed by atoms with van der Waals surface area (Å²) in [6, 6.07) is 24.6. The van der Waals surface area contributed by atoms with Crippen LogP contribution in [0, 0.1) is 0 Å². The molecule has 0 N–H and O–H groups in total. The van der Waals surface area contributed by atoms with E-state index in [9.17, 15) is 4.79 Å². The maximum absolute atomic E-state index is 12.0. The summed E-state index contributed by atoms with van der Waals surface area (Å²) in [6.07, 6.45) is 0.967. The smallest absolute Gasteiger partial charge is 0.306 e. The highest BCUT2D eigenvalue weighted by Gasteiger charge is 2.06. The predicted octanol–water partition coefficient (Wildman–Crippen LogP) is 5.81. The van der Waals surface area contributed by atoms with Gasteiger partial charge >= 0.3 is 5.97 Å². The Hall–Kier alpha value is -2.78. The Bertz CT molecular complexity index is 845. The molecule has 0 unspecified atom stereocenters. The Labute approximate surface area is 158 Å². The number of esters is 1. The van der Waals surface area contributed by atoms with Gasteiger partial charge in [0.05, 0.1) is 0 Å². The van der Waals surface area contributed by atoms with Gasteiger partial charge in [-0.25, -0.2) is 0 Å². The SMILES string of the molecule is O=C(CCc1ccc(Cl)cc1)OCc1cccc(Oc2ccccc2)c1. The Morgan fingerprint density at radius 3 is 2.31 bits per heavy atom. The minimum atomic E-state index is -0.227. The molecular formula is C22H19ClO3. The van der Waals surface area contributed by atoms with Gasteiger partial charge in [-0.15, -0.1) is 0 Å². The van der Waals surface area contributed by atoms with Gasteiger partial charge in [0, 0.05) is 11.4 Å². The zero-order valence-electron chi connectivity index (χ0n) is 14.2. The maximum Gasteiger partial charge on any atom is 0.306 e. The number of para-hydroxylation sites is 1. The van der Waals surface area contributed by atoms with Crippen LogP contribution in [-0.2, 0) is 22.6 Å². The molecule has 26 heavy (non-hydrogen) atoms. The van der Waals surface area contributed by atoms with E-state index in [-0.39, 0.29) is 12.6 Å². The van der Waals surface area contributed by atoms with E-state index in [0.717, 1.165) is 16.9 Å². The van der Waals surface area contributed by atoms with E-state index in [1.54, 1.807) is 0 Å². The molecule has 0 fully saturated rings. The van der Waals surface area contributed by atoms with Gasteiger partial charge in [-0.2, -0.15) is 0 Å². The monoisotopic (exact) mass is 366 g/mol. The fraction of sp³-hybridized carbons (Fsp3) is 0.136. The molecule has 0 heterocycles. The van der Waals surface area contributed by atoms with Gasteiger partial charge in [0.25, 0.3) is 0 Å². The van der Waals surface area contributed by atoms with Gasteiger partial charge in [0.15, 0.2) is 0 Å². The topological polar surface area (TPSA) is 35.5 Å². The molecule has 0 aliphatic heterocycles. The van der Waals surface area contributed by atoms with Crippen LogP contribution in [-0.4, -0.2) is 5.97 Å². The van der Waals surface area contributed by atoms with E-state index < -0.39 is 0 Å². The molecule has 4 heteroatoms. The van der Waals surface area contributed by atoms with Crippen molar-refractivity contribution in [3.63, 3.8) is 0 Å². The van der Waals surface area contributed by atoms with Gasteiger partial charge in [0.2, 0.25) is 0 Å². The van der Waals surface area contributed by atoms with Gasteiger partial charge < -0.3 is 9.47 Å². The number of carbonyl (C=O) groups excluding carboxylic acids is 1. The summed E-state index contributed by atoms with van der Waals surface area (Å²) < 4.78 is 11.1. The third-order valence-electron chi connectivity index (χ3n) is 3.81. The van der Waals surface area contributed by atoms with Crippen molar-refractivity contribution in [2.24, 2.45) is 0 Å². The third kappa shape index (κ3) is 5.64. The quantitative estimate of drug-likeness (QED) is 0.495. The highest BCUT2D eigenvalue weighted by Crippen LogP contribution is 2.22. The van der Waals surface area contributed by atoms with Crippen molar-refractivity contribution in [3.8, 4) is 11.5 Å². The molecule has 0 aliphatic carbocycles. The highest BCUT2D eigenvalue weighted by molar-refractivity contribution is 6.30. The maximum atomic E-state index is 12.0. The number of hydrogen-bond acceptors (Lipinski definition) is 3. The first-order valence-electron chi connectivity index (χ1n) is 8.41. The van der Waals surface area contributed by atoms with Crippen LogP contribution >= 0.6 is 11.6 Å². The number of halogens is 1. The highest BCUT2D eigenvalue weighted by atomic mass is 35.5. The van der Waals surface area contributed by atoms with Crippen LogP contribution in [0.15, 0.2) is 78.9 Å². The largest absolute Gasteiger partial charge is 0.461 e. The van der Waals surface area contributed by atoms with Crippen LogP contribution < -0.4 is 4.74 Å². The summed E-state index contributed by atoms with van der Waals surface area (Å²) in [6.45, 7) is 0.228. The lowest BCUT2D eigenvalue weighted by molar-refractivity contribution is -0.144. The number of ether oxygens (including phenoxy) is 2. The molecule has 3 rings (SSSR count).